The fourth-order valence-electron chi connectivity index (χ4n) is 1.99. The number of hydrogen-bond donors (Lipinski definition) is 1. The number of nitrogens with one attached hydrogen (secondary N) is 1. The zero-order chi connectivity index (χ0) is 15.5. The van der Waals surface area contributed by atoms with Gasteiger partial charge in [-0.1, -0.05) is 11.6 Å². The molecule has 22 heavy (non-hydrogen) atoms. The number of anilines is 1. The molecule has 0 aliphatic rings. The Labute approximate surface area is 141 Å². The monoisotopic (exact) mass is 348 g/mol. The average molecular weight is 349 g/mol. The van der Waals surface area contributed by atoms with Crippen LogP contribution >= 0.6 is 34.7 Å². The number of aromatic nitrogens is 1. The number of nitrogens with zero attached hydrogens (tertiary/aromatic N) is 1. The number of fused-ring (bicyclic) bond motifs is 1. The SMILES string of the molecule is Cc1nc2ccc(NC(=O)CSc3ccc(Cl)cc3)cc2s1. The highest BCUT2D eigenvalue weighted by Crippen LogP contribution is 2.25. The topological polar surface area (TPSA) is 42.0 Å². The predicted molar refractivity (Wildman–Crippen MR) is 95.2 cm³/mol. The van der Waals surface area contributed by atoms with Crippen molar-refractivity contribution in [2.24, 2.45) is 0 Å². The summed E-state index contributed by atoms with van der Waals surface area (Å²) in [5.41, 5.74) is 1.77. The van der Waals surface area contributed by atoms with E-state index in [-0.39, 0.29) is 5.91 Å². The number of amides is 1. The van der Waals surface area contributed by atoms with E-state index in [1.54, 1.807) is 11.3 Å². The lowest BCUT2D eigenvalue weighted by molar-refractivity contribution is -0.113. The van der Waals surface area contributed by atoms with Gasteiger partial charge in [0, 0.05) is 15.6 Å². The summed E-state index contributed by atoms with van der Waals surface area (Å²) in [7, 11) is 0. The average Bonchev–Trinajstić information content (AvgIpc) is 2.86. The van der Waals surface area contributed by atoms with E-state index < -0.39 is 0 Å². The third-order valence-electron chi connectivity index (χ3n) is 2.96. The first-order valence-corrected chi connectivity index (χ1v) is 8.83. The molecule has 0 aliphatic heterocycles. The van der Waals surface area contributed by atoms with Crippen molar-refractivity contribution < 1.29 is 4.79 Å². The molecule has 3 aromatic rings. The van der Waals surface area contributed by atoms with Crippen LogP contribution in [0.1, 0.15) is 5.01 Å². The van der Waals surface area contributed by atoms with Gasteiger partial charge in [-0.15, -0.1) is 23.1 Å². The number of carbonyl (C=O) groups is 1. The lowest BCUT2D eigenvalue weighted by atomic mass is 10.3. The number of halogens is 1. The zero-order valence-electron chi connectivity index (χ0n) is 11.8. The summed E-state index contributed by atoms with van der Waals surface area (Å²) < 4.78 is 1.08. The molecule has 0 aliphatic carbocycles. The fourth-order valence-corrected chi connectivity index (χ4v) is 3.69. The fraction of sp³-hybridized carbons (Fsp3) is 0.125. The highest BCUT2D eigenvalue weighted by Gasteiger charge is 2.06. The first kappa shape index (κ1) is 15.3. The second kappa shape index (κ2) is 6.69. The van der Waals surface area contributed by atoms with Gasteiger partial charge in [0.05, 0.1) is 21.0 Å². The molecule has 1 heterocycles. The minimum atomic E-state index is -0.0273. The minimum Gasteiger partial charge on any atom is -0.325 e. The van der Waals surface area contributed by atoms with Crippen molar-refractivity contribution in [3.8, 4) is 0 Å². The Balaban J connectivity index is 1.61. The summed E-state index contributed by atoms with van der Waals surface area (Å²) in [5, 5.41) is 4.64. The van der Waals surface area contributed by atoms with Crippen LogP contribution in [0.3, 0.4) is 0 Å². The summed E-state index contributed by atoms with van der Waals surface area (Å²) in [6.07, 6.45) is 0. The van der Waals surface area contributed by atoms with E-state index in [2.05, 4.69) is 10.3 Å². The second-order valence-electron chi connectivity index (χ2n) is 4.71. The molecule has 2 aromatic carbocycles. The first-order chi connectivity index (χ1) is 10.6. The third-order valence-corrected chi connectivity index (χ3v) is 5.16. The van der Waals surface area contributed by atoms with E-state index in [1.165, 1.54) is 11.8 Å². The van der Waals surface area contributed by atoms with Crippen molar-refractivity contribution in [3.05, 3.63) is 52.5 Å². The van der Waals surface area contributed by atoms with Crippen LogP contribution in [0.4, 0.5) is 5.69 Å². The van der Waals surface area contributed by atoms with Gasteiger partial charge < -0.3 is 5.32 Å². The van der Waals surface area contributed by atoms with E-state index in [0.717, 1.165) is 25.8 Å². The molecule has 0 saturated carbocycles. The van der Waals surface area contributed by atoms with E-state index in [0.29, 0.717) is 10.8 Å². The molecule has 6 heteroatoms. The van der Waals surface area contributed by atoms with E-state index in [4.69, 9.17) is 11.6 Å². The molecule has 0 saturated heterocycles. The number of carbonyl (C=O) groups excluding carboxylic acids is 1. The maximum Gasteiger partial charge on any atom is 0.234 e. The highest BCUT2D eigenvalue weighted by atomic mass is 35.5. The van der Waals surface area contributed by atoms with Crippen LogP contribution in [0.5, 0.6) is 0 Å². The van der Waals surface area contributed by atoms with Gasteiger partial charge in [0.2, 0.25) is 5.91 Å². The molecule has 1 amide bonds. The van der Waals surface area contributed by atoms with E-state index in [9.17, 15) is 4.79 Å². The molecule has 0 atom stereocenters. The predicted octanol–water partition coefficient (Wildman–Crippen LogP) is 4.99. The number of benzene rings is 2. The first-order valence-electron chi connectivity index (χ1n) is 6.65. The lowest BCUT2D eigenvalue weighted by Crippen LogP contribution is -2.13. The number of hydrogen-bond acceptors (Lipinski definition) is 4. The summed E-state index contributed by atoms with van der Waals surface area (Å²) in [4.78, 5) is 17.5. The Kier molecular flexibility index (Phi) is 4.66. The largest absolute Gasteiger partial charge is 0.325 e. The Hall–Kier alpha value is -1.56. The van der Waals surface area contributed by atoms with Crippen molar-refractivity contribution in [1.82, 2.24) is 4.98 Å². The summed E-state index contributed by atoms with van der Waals surface area (Å²) in [6.45, 7) is 1.98. The van der Waals surface area contributed by atoms with Gasteiger partial charge in [0.25, 0.3) is 0 Å². The van der Waals surface area contributed by atoms with Crippen molar-refractivity contribution in [3.63, 3.8) is 0 Å². The molecule has 0 fully saturated rings. The van der Waals surface area contributed by atoms with Crippen LogP contribution in [-0.4, -0.2) is 16.6 Å². The Morgan fingerprint density at radius 3 is 2.82 bits per heavy atom. The maximum atomic E-state index is 12.0. The van der Waals surface area contributed by atoms with Crippen LogP contribution < -0.4 is 5.32 Å². The quantitative estimate of drug-likeness (QED) is 0.675. The molecule has 1 N–H and O–H groups in total. The van der Waals surface area contributed by atoms with Crippen LogP contribution in [-0.2, 0) is 4.79 Å². The van der Waals surface area contributed by atoms with Gasteiger partial charge in [-0.2, -0.15) is 0 Å². The van der Waals surface area contributed by atoms with Gasteiger partial charge >= 0.3 is 0 Å². The second-order valence-corrected chi connectivity index (χ2v) is 7.43. The molecule has 112 valence electrons. The smallest absolute Gasteiger partial charge is 0.234 e. The van der Waals surface area contributed by atoms with Crippen molar-refractivity contribution in [2.45, 2.75) is 11.8 Å². The molecule has 3 nitrogen and oxygen atoms in total. The highest BCUT2D eigenvalue weighted by molar-refractivity contribution is 8.00. The van der Waals surface area contributed by atoms with E-state index >= 15 is 0 Å². The Morgan fingerprint density at radius 2 is 2.05 bits per heavy atom. The number of thiazole rings is 1. The van der Waals surface area contributed by atoms with Crippen molar-refractivity contribution in [2.75, 3.05) is 11.1 Å². The summed E-state index contributed by atoms with van der Waals surface area (Å²) in [6, 6.07) is 13.2. The standard InChI is InChI=1S/C16H13ClN2OS2/c1-10-18-14-7-4-12(8-15(14)22-10)19-16(20)9-21-13-5-2-11(17)3-6-13/h2-8H,9H2,1H3,(H,19,20). The van der Waals surface area contributed by atoms with Gasteiger partial charge in [-0.25, -0.2) is 4.98 Å². The summed E-state index contributed by atoms with van der Waals surface area (Å²) >= 11 is 8.95. The van der Waals surface area contributed by atoms with Gasteiger partial charge in [-0.3, -0.25) is 4.79 Å². The van der Waals surface area contributed by atoms with Crippen LogP contribution in [0.15, 0.2) is 47.4 Å². The maximum absolute atomic E-state index is 12.0. The number of rotatable bonds is 4. The number of aryl methyl sites for hydroxylation is 1. The molecule has 0 radical (unpaired) electrons. The molecule has 0 bridgehead atoms. The molecule has 3 rings (SSSR count). The normalized spacial score (nSPS) is 10.8. The van der Waals surface area contributed by atoms with Gasteiger partial charge in [-0.05, 0) is 49.4 Å². The lowest BCUT2D eigenvalue weighted by Gasteiger charge is -2.05. The zero-order valence-corrected chi connectivity index (χ0v) is 14.2. The molecular formula is C16H13ClN2OS2. The third kappa shape index (κ3) is 3.80. The molecule has 0 unspecified atom stereocenters. The van der Waals surface area contributed by atoms with Crippen LogP contribution in [0.2, 0.25) is 5.02 Å². The van der Waals surface area contributed by atoms with E-state index in [1.807, 2.05) is 49.4 Å². The van der Waals surface area contributed by atoms with Gasteiger partial charge in [0.1, 0.15) is 0 Å². The van der Waals surface area contributed by atoms with Gasteiger partial charge in [0.15, 0.2) is 0 Å². The van der Waals surface area contributed by atoms with Crippen molar-refractivity contribution >= 4 is 56.5 Å². The summed E-state index contributed by atoms with van der Waals surface area (Å²) in [5.74, 6) is 0.335. The van der Waals surface area contributed by atoms with Crippen LogP contribution in [0, 0.1) is 6.92 Å². The minimum absolute atomic E-state index is 0.0273. The van der Waals surface area contributed by atoms with Crippen LogP contribution in [0.25, 0.3) is 10.2 Å². The van der Waals surface area contributed by atoms with Crippen molar-refractivity contribution in [1.29, 1.82) is 0 Å². The number of thioether (sulfide) groups is 1. The molecule has 1 aromatic heterocycles. The Bertz CT molecular complexity index is 815. The Morgan fingerprint density at radius 1 is 1.27 bits per heavy atom. The molecule has 0 spiro atoms. The molecular weight excluding hydrogens is 336 g/mol.